The molecule has 5 rings (SSSR count). The van der Waals surface area contributed by atoms with Gasteiger partial charge in [0.05, 0.1) is 29.5 Å². The Labute approximate surface area is 202 Å². The average molecular weight is 465 g/mol. The third kappa shape index (κ3) is 4.49. The zero-order chi connectivity index (χ0) is 24.2. The Hall–Kier alpha value is -4.86. The van der Waals surface area contributed by atoms with Gasteiger partial charge >= 0.3 is 0 Å². The quantitative estimate of drug-likeness (QED) is 0.268. The Bertz CT molecular complexity index is 1480. The minimum absolute atomic E-state index is 0.556. The maximum absolute atomic E-state index is 4.61. The minimum atomic E-state index is 0.556. The van der Waals surface area contributed by atoms with Crippen molar-refractivity contribution in [1.29, 1.82) is 0 Å². The fraction of sp³-hybridized carbons (Fsp3) is 0.120. The smallest absolute Gasteiger partial charge is 0.222 e. The van der Waals surface area contributed by atoms with Crippen molar-refractivity contribution >= 4 is 45.5 Å². The van der Waals surface area contributed by atoms with Crippen LogP contribution in [0.1, 0.15) is 5.56 Å². The number of benzene rings is 1. The normalized spacial score (nSPS) is 10.7. The first-order valence-corrected chi connectivity index (χ1v) is 11.0. The number of hydrogen-bond acceptors (Lipinski definition) is 10. The standard InChI is InChI=1S/C25H24N10/c1-15-6-7-18-17(8-10-29-23(18)34-16-12-30-25(27-3)31-13-16)22(15)35-24-19(5-4-9-28-24)20-11-21(26-2)33-14-32-20/h4-14H,1-3H3,(H,28,35)(H,29,34)(H,26,32,33)(H,27,30,31). The van der Waals surface area contributed by atoms with Gasteiger partial charge in [-0.3, -0.25) is 0 Å². The molecule has 10 heteroatoms. The van der Waals surface area contributed by atoms with E-state index in [1.807, 2.05) is 31.3 Å². The Balaban J connectivity index is 1.54. The summed E-state index contributed by atoms with van der Waals surface area (Å²) in [5, 5.41) is 14.8. The second-order valence-electron chi connectivity index (χ2n) is 7.75. The fourth-order valence-corrected chi connectivity index (χ4v) is 3.76. The molecule has 0 amide bonds. The lowest BCUT2D eigenvalue weighted by Crippen LogP contribution is -2.02. The van der Waals surface area contributed by atoms with Gasteiger partial charge in [-0.25, -0.2) is 29.9 Å². The topological polar surface area (TPSA) is 125 Å². The molecule has 10 nitrogen and oxygen atoms in total. The lowest BCUT2D eigenvalue weighted by Gasteiger charge is -2.16. The summed E-state index contributed by atoms with van der Waals surface area (Å²) in [6.45, 7) is 2.06. The summed E-state index contributed by atoms with van der Waals surface area (Å²) in [5.41, 5.74) is 4.41. The van der Waals surface area contributed by atoms with Crippen molar-refractivity contribution in [3.05, 3.63) is 73.1 Å². The van der Waals surface area contributed by atoms with Crippen molar-refractivity contribution < 1.29 is 0 Å². The van der Waals surface area contributed by atoms with Crippen LogP contribution in [0.4, 0.5) is 34.8 Å². The van der Waals surface area contributed by atoms with Gasteiger partial charge in [-0.15, -0.1) is 0 Å². The summed E-state index contributed by atoms with van der Waals surface area (Å²) >= 11 is 0. The van der Waals surface area contributed by atoms with E-state index in [0.717, 1.165) is 44.8 Å². The van der Waals surface area contributed by atoms with Crippen LogP contribution in [-0.4, -0.2) is 44.0 Å². The molecule has 0 aliphatic carbocycles. The predicted molar refractivity (Wildman–Crippen MR) is 139 cm³/mol. The number of hydrogen-bond donors (Lipinski definition) is 4. The lowest BCUT2D eigenvalue weighted by atomic mass is 10.0. The SMILES string of the molecule is CNc1cc(-c2cccnc2Nc2c(C)ccc3c(Nc4cnc(NC)nc4)nccc23)ncn1. The highest BCUT2D eigenvalue weighted by molar-refractivity contribution is 6.03. The van der Waals surface area contributed by atoms with Gasteiger partial charge in [-0.2, -0.15) is 0 Å². The molecule has 35 heavy (non-hydrogen) atoms. The van der Waals surface area contributed by atoms with Crippen LogP contribution in [0, 0.1) is 6.92 Å². The highest BCUT2D eigenvalue weighted by atomic mass is 15.1. The third-order valence-electron chi connectivity index (χ3n) is 5.54. The second-order valence-corrected chi connectivity index (χ2v) is 7.75. The van der Waals surface area contributed by atoms with Crippen LogP contribution in [0.15, 0.2) is 67.5 Å². The first kappa shape index (κ1) is 22.0. The van der Waals surface area contributed by atoms with Crippen molar-refractivity contribution in [1.82, 2.24) is 29.9 Å². The molecule has 0 atom stereocenters. The monoisotopic (exact) mass is 464 g/mol. The number of aryl methyl sites for hydroxylation is 1. The molecule has 0 spiro atoms. The number of anilines is 6. The zero-order valence-electron chi connectivity index (χ0n) is 19.5. The number of nitrogens with zero attached hydrogens (tertiary/aromatic N) is 6. The average Bonchev–Trinajstić information content (AvgIpc) is 2.91. The fourth-order valence-electron chi connectivity index (χ4n) is 3.76. The van der Waals surface area contributed by atoms with E-state index >= 15 is 0 Å². The van der Waals surface area contributed by atoms with Crippen LogP contribution in [-0.2, 0) is 0 Å². The van der Waals surface area contributed by atoms with Gasteiger partial charge in [-0.1, -0.05) is 12.1 Å². The van der Waals surface area contributed by atoms with E-state index in [9.17, 15) is 0 Å². The molecule has 1 aromatic carbocycles. The molecule has 4 N–H and O–H groups in total. The molecule has 0 saturated carbocycles. The highest BCUT2D eigenvalue weighted by Crippen LogP contribution is 2.35. The van der Waals surface area contributed by atoms with Gasteiger partial charge in [0.25, 0.3) is 0 Å². The Kier molecular flexibility index (Phi) is 6.00. The van der Waals surface area contributed by atoms with Gasteiger partial charge in [-0.05, 0) is 30.7 Å². The van der Waals surface area contributed by atoms with Crippen LogP contribution in [0.2, 0.25) is 0 Å². The summed E-state index contributed by atoms with van der Waals surface area (Å²) in [6, 6.07) is 11.9. The Morgan fingerprint density at radius 1 is 0.714 bits per heavy atom. The summed E-state index contributed by atoms with van der Waals surface area (Å²) in [6.07, 6.45) is 8.51. The van der Waals surface area contributed by atoms with Crippen molar-refractivity contribution in [3.63, 3.8) is 0 Å². The van der Waals surface area contributed by atoms with E-state index in [-0.39, 0.29) is 0 Å². The molecule has 0 aliphatic heterocycles. The zero-order valence-corrected chi connectivity index (χ0v) is 19.5. The highest BCUT2D eigenvalue weighted by Gasteiger charge is 2.14. The molecule has 0 unspecified atom stereocenters. The van der Waals surface area contributed by atoms with E-state index in [1.54, 1.807) is 31.8 Å². The van der Waals surface area contributed by atoms with Crippen molar-refractivity contribution in [2.75, 3.05) is 35.4 Å². The van der Waals surface area contributed by atoms with E-state index in [4.69, 9.17) is 0 Å². The van der Waals surface area contributed by atoms with Gasteiger partial charge in [0.2, 0.25) is 5.95 Å². The maximum atomic E-state index is 4.61. The first-order chi connectivity index (χ1) is 17.2. The molecule has 174 valence electrons. The molecule has 0 fully saturated rings. The van der Waals surface area contributed by atoms with Gasteiger partial charge < -0.3 is 21.3 Å². The van der Waals surface area contributed by atoms with Crippen molar-refractivity contribution in [3.8, 4) is 11.3 Å². The summed E-state index contributed by atoms with van der Waals surface area (Å²) in [4.78, 5) is 26.4. The predicted octanol–water partition coefficient (Wildman–Crippen LogP) is 4.76. The lowest BCUT2D eigenvalue weighted by molar-refractivity contribution is 1.15. The Morgan fingerprint density at radius 3 is 2.34 bits per heavy atom. The number of fused-ring (bicyclic) bond motifs is 1. The molecule has 0 saturated heterocycles. The number of nitrogens with one attached hydrogen (secondary N) is 4. The van der Waals surface area contributed by atoms with Crippen molar-refractivity contribution in [2.24, 2.45) is 0 Å². The Morgan fingerprint density at radius 2 is 1.54 bits per heavy atom. The third-order valence-corrected chi connectivity index (χ3v) is 5.54. The van der Waals surface area contributed by atoms with Crippen LogP contribution >= 0.6 is 0 Å². The largest absolute Gasteiger partial charge is 0.373 e. The summed E-state index contributed by atoms with van der Waals surface area (Å²) in [7, 11) is 3.61. The van der Waals surface area contributed by atoms with E-state index in [1.165, 1.54) is 6.33 Å². The second kappa shape index (κ2) is 9.56. The molecule has 0 radical (unpaired) electrons. The van der Waals surface area contributed by atoms with Gasteiger partial charge in [0, 0.05) is 48.9 Å². The molecule has 5 aromatic rings. The van der Waals surface area contributed by atoms with Gasteiger partial charge in [0.15, 0.2) is 0 Å². The van der Waals surface area contributed by atoms with Crippen LogP contribution in [0.5, 0.6) is 0 Å². The number of aromatic nitrogens is 6. The summed E-state index contributed by atoms with van der Waals surface area (Å²) in [5.74, 6) is 2.70. The van der Waals surface area contributed by atoms with Crippen LogP contribution < -0.4 is 21.3 Å². The summed E-state index contributed by atoms with van der Waals surface area (Å²) < 4.78 is 0. The van der Waals surface area contributed by atoms with Crippen LogP contribution in [0.3, 0.4) is 0 Å². The first-order valence-electron chi connectivity index (χ1n) is 11.0. The number of rotatable bonds is 7. The molecule has 0 aliphatic rings. The van der Waals surface area contributed by atoms with E-state index in [0.29, 0.717) is 17.6 Å². The molecule has 0 bridgehead atoms. The molecular formula is C25H24N10. The molecule has 4 aromatic heterocycles. The molecule has 4 heterocycles. The minimum Gasteiger partial charge on any atom is -0.373 e. The maximum Gasteiger partial charge on any atom is 0.222 e. The van der Waals surface area contributed by atoms with Crippen molar-refractivity contribution in [2.45, 2.75) is 6.92 Å². The number of pyridine rings is 2. The van der Waals surface area contributed by atoms with Crippen LogP contribution in [0.25, 0.3) is 22.0 Å². The molecular weight excluding hydrogens is 440 g/mol. The van der Waals surface area contributed by atoms with E-state index in [2.05, 4.69) is 70.2 Å². The van der Waals surface area contributed by atoms with Gasteiger partial charge in [0.1, 0.15) is 23.8 Å². The van der Waals surface area contributed by atoms with E-state index < -0.39 is 0 Å².